The van der Waals surface area contributed by atoms with Crippen LogP contribution in [-0.4, -0.2) is 70.6 Å². The van der Waals surface area contributed by atoms with E-state index in [4.69, 9.17) is 4.74 Å². The van der Waals surface area contributed by atoms with E-state index in [-0.39, 0.29) is 53.5 Å². The number of ketones is 2. The van der Waals surface area contributed by atoms with Gasteiger partial charge in [-0.2, -0.15) is 0 Å². The van der Waals surface area contributed by atoms with Crippen molar-refractivity contribution in [2.75, 3.05) is 26.3 Å². The van der Waals surface area contributed by atoms with Crippen molar-refractivity contribution in [3.8, 4) is 5.75 Å². The minimum absolute atomic E-state index is 0.0766. The Morgan fingerprint density at radius 3 is 2.40 bits per heavy atom. The summed E-state index contributed by atoms with van der Waals surface area (Å²) in [7, 11) is 0. The molecule has 4 unspecified atom stereocenters. The van der Waals surface area contributed by atoms with Crippen molar-refractivity contribution in [2.24, 2.45) is 17.8 Å². The van der Waals surface area contributed by atoms with Crippen molar-refractivity contribution in [3.63, 3.8) is 0 Å². The van der Waals surface area contributed by atoms with Crippen molar-refractivity contribution in [2.45, 2.75) is 44.2 Å². The summed E-state index contributed by atoms with van der Waals surface area (Å²) in [5.74, 6) is -2.33. The molecule has 0 bridgehead atoms. The molecule has 0 spiro atoms. The smallest absolute Gasteiger partial charge is 0.233 e. The second kappa shape index (κ2) is 12.3. The number of Topliss-reactive ketones (excluding diaryl/α,β-unsaturated/α-hetero) is 1. The highest BCUT2D eigenvalue weighted by Crippen LogP contribution is 2.56. The molecule has 232 valence electrons. The van der Waals surface area contributed by atoms with Crippen molar-refractivity contribution < 1.29 is 29.0 Å². The SMILES string of the molecule is O=C1C=C(Br)C(=O)C2=C1C(c1ccccc1OCCO)C1=CCC3C(=O)N(C4CCN(Cc5ccccc5)CC4)C(=O)C3C1C2. The maximum atomic E-state index is 14.3. The third kappa shape index (κ3) is 5.24. The zero-order valence-electron chi connectivity index (χ0n) is 24.9. The van der Waals surface area contributed by atoms with E-state index in [9.17, 15) is 24.3 Å². The van der Waals surface area contributed by atoms with Gasteiger partial charge in [-0.15, -0.1) is 0 Å². The molecule has 2 heterocycles. The molecular weight excluding hydrogens is 636 g/mol. The standard InChI is InChI=1S/C36H35BrN2O6/c37-28-19-29(41)33-27(34(28)42)18-26-23(31(33)24-8-4-5-9-30(24)45-17-16-40)10-11-25-32(26)36(44)39(35(25)43)22-12-14-38(15-13-22)20-21-6-2-1-3-7-21/h1-10,19,22,25-26,31-32,40H,11-18,20H2. The van der Waals surface area contributed by atoms with Gasteiger partial charge in [-0.05, 0) is 59.2 Å². The predicted molar refractivity (Wildman–Crippen MR) is 170 cm³/mol. The summed E-state index contributed by atoms with van der Waals surface area (Å²) in [5.41, 5.74) is 3.65. The fraction of sp³-hybridized carbons (Fsp3) is 0.389. The highest BCUT2D eigenvalue weighted by atomic mass is 79.9. The van der Waals surface area contributed by atoms with Crippen molar-refractivity contribution in [1.29, 1.82) is 0 Å². The van der Waals surface area contributed by atoms with Crippen LogP contribution in [0.25, 0.3) is 0 Å². The van der Waals surface area contributed by atoms with Gasteiger partial charge in [-0.25, -0.2) is 0 Å². The number of benzene rings is 2. The summed E-state index contributed by atoms with van der Waals surface area (Å²) in [4.78, 5) is 59.3. The minimum Gasteiger partial charge on any atom is -0.491 e. The first kappa shape index (κ1) is 30.0. The monoisotopic (exact) mass is 670 g/mol. The van der Waals surface area contributed by atoms with E-state index >= 15 is 0 Å². The molecule has 45 heavy (non-hydrogen) atoms. The second-order valence-electron chi connectivity index (χ2n) is 12.5. The molecule has 4 atom stereocenters. The summed E-state index contributed by atoms with van der Waals surface area (Å²) < 4.78 is 6.10. The van der Waals surface area contributed by atoms with Crippen molar-refractivity contribution in [3.05, 3.63) is 99.1 Å². The number of hydrogen-bond donors (Lipinski definition) is 1. The zero-order chi connectivity index (χ0) is 31.2. The van der Waals surface area contributed by atoms with Crippen LogP contribution in [0.3, 0.4) is 0 Å². The third-order valence-electron chi connectivity index (χ3n) is 10.1. The van der Waals surface area contributed by atoms with Gasteiger partial charge in [0.1, 0.15) is 12.4 Å². The normalized spacial score (nSPS) is 27.2. The van der Waals surface area contributed by atoms with Crippen LogP contribution in [0.4, 0.5) is 0 Å². The number of halogens is 1. The first-order chi connectivity index (χ1) is 21.9. The lowest BCUT2D eigenvalue weighted by Gasteiger charge is -2.42. The molecule has 1 N–H and O–H groups in total. The number of fused-ring (bicyclic) bond motifs is 3. The molecule has 5 aliphatic rings. The number of imide groups is 1. The summed E-state index contributed by atoms with van der Waals surface area (Å²) in [6.07, 6.45) is 5.46. The molecule has 0 saturated carbocycles. The molecule has 3 aliphatic carbocycles. The molecule has 2 aromatic carbocycles. The van der Waals surface area contributed by atoms with Gasteiger partial charge in [-0.3, -0.25) is 29.0 Å². The molecule has 0 aromatic heterocycles. The molecular formula is C36H35BrN2O6. The largest absolute Gasteiger partial charge is 0.491 e. The van der Waals surface area contributed by atoms with Gasteiger partial charge in [0.2, 0.25) is 11.8 Å². The number of amides is 2. The molecule has 2 fully saturated rings. The average Bonchev–Trinajstić information content (AvgIpc) is 3.32. The quantitative estimate of drug-likeness (QED) is 0.263. The molecule has 2 saturated heterocycles. The lowest BCUT2D eigenvalue weighted by Crippen LogP contribution is -2.47. The molecule has 7 rings (SSSR count). The number of ether oxygens (including phenoxy) is 1. The number of likely N-dealkylation sites (tertiary alicyclic amines) is 2. The van der Waals surface area contributed by atoms with Gasteiger partial charge in [0.05, 0.1) is 22.9 Å². The van der Waals surface area contributed by atoms with E-state index < -0.39 is 23.7 Å². The fourth-order valence-electron chi connectivity index (χ4n) is 8.13. The van der Waals surface area contributed by atoms with Crippen molar-refractivity contribution >= 4 is 39.3 Å². The molecule has 2 aromatic rings. The third-order valence-corrected chi connectivity index (χ3v) is 10.7. The van der Waals surface area contributed by atoms with E-state index in [1.807, 2.05) is 42.5 Å². The Kier molecular flexibility index (Phi) is 8.18. The first-order valence-electron chi connectivity index (χ1n) is 15.7. The number of carbonyl (C=O) groups excluding carboxylic acids is 4. The van der Waals surface area contributed by atoms with Gasteiger partial charge in [-0.1, -0.05) is 60.2 Å². The maximum absolute atomic E-state index is 14.3. The number of hydrogen-bond acceptors (Lipinski definition) is 7. The van der Waals surface area contributed by atoms with Gasteiger partial charge in [0.15, 0.2) is 11.6 Å². The molecule has 0 radical (unpaired) electrons. The lowest BCUT2D eigenvalue weighted by molar-refractivity contribution is -0.144. The highest BCUT2D eigenvalue weighted by Gasteiger charge is 2.57. The second-order valence-corrected chi connectivity index (χ2v) is 13.4. The molecule has 2 aliphatic heterocycles. The Hall–Kier alpha value is -3.66. The number of para-hydroxylation sites is 1. The zero-order valence-corrected chi connectivity index (χ0v) is 26.4. The van der Waals surface area contributed by atoms with E-state index in [0.717, 1.165) is 38.0 Å². The minimum atomic E-state index is -0.596. The molecule has 2 amide bonds. The number of nitrogens with zero attached hydrogens (tertiary/aromatic N) is 2. The molecule has 8 nitrogen and oxygen atoms in total. The Bertz CT molecular complexity index is 1650. The van der Waals surface area contributed by atoms with Gasteiger partial charge in [0.25, 0.3) is 0 Å². The number of carbonyl (C=O) groups is 4. The van der Waals surface area contributed by atoms with Crippen LogP contribution >= 0.6 is 15.9 Å². The van der Waals surface area contributed by atoms with E-state index in [1.54, 1.807) is 11.0 Å². The van der Waals surface area contributed by atoms with Gasteiger partial charge >= 0.3 is 0 Å². The Labute approximate surface area is 270 Å². The topological polar surface area (TPSA) is 104 Å². The summed E-state index contributed by atoms with van der Waals surface area (Å²) in [6.45, 7) is 2.35. The number of aliphatic hydroxyl groups is 1. The van der Waals surface area contributed by atoms with Crippen LogP contribution in [0, 0.1) is 17.8 Å². The van der Waals surface area contributed by atoms with Crippen LogP contribution in [0.2, 0.25) is 0 Å². The number of allylic oxidation sites excluding steroid dienone is 6. The first-order valence-corrected chi connectivity index (χ1v) is 16.5. The molecule has 9 heteroatoms. The number of aliphatic hydroxyl groups excluding tert-OH is 1. The lowest BCUT2D eigenvalue weighted by atomic mass is 9.59. The van der Waals surface area contributed by atoms with Crippen molar-refractivity contribution in [1.82, 2.24) is 9.80 Å². The predicted octanol–water partition coefficient (Wildman–Crippen LogP) is 4.48. The van der Waals surface area contributed by atoms with Crippen LogP contribution < -0.4 is 4.74 Å². The van der Waals surface area contributed by atoms with Gasteiger partial charge in [0, 0.05) is 54.4 Å². The highest BCUT2D eigenvalue weighted by molar-refractivity contribution is 9.12. The maximum Gasteiger partial charge on any atom is 0.233 e. The Morgan fingerprint density at radius 2 is 1.64 bits per heavy atom. The fourth-order valence-corrected chi connectivity index (χ4v) is 8.58. The summed E-state index contributed by atoms with van der Waals surface area (Å²) in [5, 5.41) is 9.45. The van der Waals surface area contributed by atoms with Crippen LogP contribution in [0.1, 0.15) is 42.7 Å². The average molecular weight is 672 g/mol. The van der Waals surface area contributed by atoms with E-state index in [0.29, 0.717) is 28.9 Å². The van der Waals surface area contributed by atoms with E-state index in [1.165, 1.54) is 11.6 Å². The number of rotatable bonds is 7. The van der Waals surface area contributed by atoms with Crippen LogP contribution in [-0.2, 0) is 25.7 Å². The van der Waals surface area contributed by atoms with E-state index in [2.05, 4.69) is 33.0 Å². The van der Waals surface area contributed by atoms with Gasteiger partial charge < -0.3 is 9.84 Å². The summed E-state index contributed by atoms with van der Waals surface area (Å²) >= 11 is 3.29. The summed E-state index contributed by atoms with van der Waals surface area (Å²) in [6, 6.07) is 17.5. The van der Waals surface area contributed by atoms with Crippen LogP contribution in [0.5, 0.6) is 5.75 Å². The Morgan fingerprint density at radius 1 is 0.911 bits per heavy atom. The number of piperidine rings is 1. The van der Waals surface area contributed by atoms with Crippen LogP contribution in [0.15, 0.2) is 88.0 Å². The Balaban J connectivity index is 1.19.